The Morgan fingerprint density at radius 3 is 2.42 bits per heavy atom. The van der Waals surface area contributed by atoms with Crippen LogP contribution in [0.5, 0.6) is 0 Å². The summed E-state index contributed by atoms with van der Waals surface area (Å²) in [7, 11) is 0. The molecule has 0 saturated carbocycles. The summed E-state index contributed by atoms with van der Waals surface area (Å²) in [5.41, 5.74) is 8.01. The van der Waals surface area contributed by atoms with Crippen LogP contribution in [0.2, 0.25) is 0 Å². The second-order valence-corrected chi connectivity index (χ2v) is 8.90. The molecule has 1 saturated heterocycles. The molecule has 3 rings (SSSR count). The fourth-order valence-electron chi connectivity index (χ4n) is 4.38. The van der Waals surface area contributed by atoms with E-state index in [2.05, 4.69) is 41.3 Å². The van der Waals surface area contributed by atoms with Gasteiger partial charge in [-0.1, -0.05) is 87.7 Å². The second kappa shape index (κ2) is 12.5. The van der Waals surface area contributed by atoms with Gasteiger partial charge in [0, 0.05) is 18.7 Å². The van der Waals surface area contributed by atoms with Gasteiger partial charge in [0.15, 0.2) is 5.96 Å². The number of benzene rings is 1. The third-order valence-corrected chi connectivity index (χ3v) is 6.33. The number of likely N-dealkylation sites (tertiary alicyclic amines) is 1. The molecule has 0 amide bonds. The van der Waals surface area contributed by atoms with Gasteiger partial charge in [-0.2, -0.15) is 4.98 Å². The Morgan fingerprint density at radius 2 is 1.74 bits per heavy atom. The number of hydrogen-bond acceptors (Lipinski definition) is 4. The van der Waals surface area contributed by atoms with E-state index in [9.17, 15) is 0 Å². The number of rotatable bonds is 12. The Balaban J connectivity index is 1.41. The highest BCUT2D eigenvalue weighted by Gasteiger charge is 2.26. The van der Waals surface area contributed by atoms with Crippen LogP contribution in [-0.2, 0) is 6.42 Å². The van der Waals surface area contributed by atoms with Crippen LogP contribution in [0.15, 0.2) is 28.8 Å². The van der Waals surface area contributed by atoms with Gasteiger partial charge in [0.05, 0.1) is 5.92 Å². The van der Waals surface area contributed by atoms with Gasteiger partial charge in [0.1, 0.15) is 0 Å². The quantitative estimate of drug-likeness (QED) is 0.251. The summed E-state index contributed by atoms with van der Waals surface area (Å²) in [5.74, 6) is 1.56. The molecule has 1 unspecified atom stereocenters. The maximum absolute atomic E-state index is 7.65. The van der Waals surface area contributed by atoms with Crippen molar-refractivity contribution in [3.05, 3.63) is 35.7 Å². The lowest BCUT2D eigenvalue weighted by atomic mass is 9.98. The largest absolute Gasteiger partial charge is 0.370 e. The monoisotopic (exact) mass is 425 g/mol. The lowest BCUT2D eigenvalue weighted by Gasteiger charge is -2.30. The van der Waals surface area contributed by atoms with E-state index in [0.29, 0.717) is 18.3 Å². The van der Waals surface area contributed by atoms with Crippen LogP contribution in [0.3, 0.4) is 0 Å². The van der Waals surface area contributed by atoms with Gasteiger partial charge >= 0.3 is 0 Å². The number of aromatic nitrogens is 2. The molecular weight excluding hydrogens is 386 g/mol. The molecule has 0 aliphatic carbocycles. The van der Waals surface area contributed by atoms with Gasteiger partial charge in [-0.3, -0.25) is 5.41 Å². The third kappa shape index (κ3) is 7.37. The zero-order valence-corrected chi connectivity index (χ0v) is 19.1. The van der Waals surface area contributed by atoms with Gasteiger partial charge in [-0.25, -0.2) is 0 Å². The first-order chi connectivity index (χ1) is 15.2. The van der Waals surface area contributed by atoms with Crippen LogP contribution in [0.4, 0.5) is 0 Å². The number of guanidine groups is 1. The Kier molecular flexibility index (Phi) is 9.38. The number of unbranched alkanes of at least 4 members (excludes halogenated alkanes) is 8. The predicted octanol–water partition coefficient (Wildman–Crippen LogP) is 5.88. The van der Waals surface area contributed by atoms with Gasteiger partial charge < -0.3 is 15.2 Å². The molecule has 6 heteroatoms. The summed E-state index contributed by atoms with van der Waals surface area (Å²) in [6.07, 6.45) is 15.4. The molecule has 170 valence electrons. The molecular formula is C25H39N5O. The number of aryl methyl sites for hydroxylation is 1. The first kappa shape index (κ1) is 23.3. The third-order valence-electron chi connectivity index (χ3n) is 6.33. The number of nitrogens with zero attached hydrogens (tertiary/aromatic N) is 3. The first-order valence-electron chi connectivity index (χ1n) is 12.2. The van der Waals surface area contributed by atoms with Crippen molar-refractivity contribution in [3.63, 3.8) is 0 Å². The molecule has 31 heavy (non-hydrogen) atoms. The molecule has 1 aliphatic rings. The first-order valence-corrected chi connectivity index (χ1v) is 12.2. The fraction of sp³-hybridized carbons (Fsp3) is 0.640. The van der Waals surface area contributed by atoms with Gasteiger partial charge in [-0.15, -0.1) is 0 Å². The SMILES string of the molecule is CCCCCCCCCCCc1ccc(-c2noc(C3CCCN(C(=N)N)C3)n2)cc1. The normalized spacial score (nSPS) is 16.5. The minimum Gasteiger partial charge on any atom is -0.370 e. The minimum atomic E-state index is 0.118. The smallest absolute Gasteiger partial charge is 0.231 e. The summed E-state index contributed by atoms with van der Waals surface area (Å²) in [6, 6.07) is 8.57. The topological polar surface area (TPSA) is 92.0 Å². The van der Waals surface area contributed by atoms with E-state index in [4.69, 9.17) is 15.7 Å². The molecule has 3 N–H and O–H groups in total. The highest BCUT2D eigenvalue weighted by molar-refractivity contribution is 5.74. The van der Waals surface area contributed by atoms with Crippen molar-refractivity contribution in [2.45, 2.75) is 89.9 Å². The standard InChI is InChI=1S/C25H39N5O/c1-2-3-4-5-6-7-8-9-10-12-20-14-16-21(17-15-20)23-28-24(31-29-23)22-13-11-18-30(19-22)25(26)27/h14-17,22H,2-13,18-19H2,1H3,(H3,26,27). The molecule has 6 nitrogen and oxygen atoms in total. The average molecular weight is 426 g/mol. The van der Waals surface area contributed by atoms with Gasteiger partial charge in [0.25, 0.3) is 0 Å². The number of nitrogens with two attached hydrogens (primary N) is 1. The molecule has 0 radical (unpaired) electrons. The van der Waals surface area contributed by atoms with Crippen molar-refractivity contribution in [2.24, 2.45) is 5.73 Å². The van der Waals surface area contributed by atoms with Crippen molar-refractivity contribution in [3.8, 4) is 11.4 Å². The molecule has 0 spiro atoms. The summed E-state index contributed by atoms with van der Waals surface area (Å²) in [4.78, 5) is 6.51. The van der Waals surface area contributed by atoms with Crippen molar-refractivity contribution in [1.29, 1.82) is 5.41 Å². The predicted molar refractivity (Wildman–Crippen MR) is 126 cm³/mol. The van der Waals surface area contributed by atoms with Crippen LogP contribution in [-0.4, -0.2) is 34.1 Å². The van der Waals surface area contributed by atoms with Gasteiger partial charge in [-0.05, 0) is 31.2 Å². The van der Waals surface area contributed by atoms with E-state index in [1.165, 1.54) is 63.4 Å². The maximum Gasteiger partial charge on any atom is 0.231 e. The molecule has 0 bridgehead atoms. The van der Waals surface area contributed by atoms with E-state index in [0.717, 1.165) is 31.4 Å². The Hall–Kier alpha value is -2.37. The Labute approximate surface area is 187 Å². The Morgan fingerprint density at radius 1 is 1.06 bits per heavy atom. The molecule has 1 aromatic heterocycles. The molecule has 1 fully saturated rings. The number of nitrogens with one attached hydrogen (secondary N) is 1. The van der Waals surface area contributed by atoms with E-state index in [1.807, 2.05) is 4.90 Å². The number of piperidine rings is 1. The van der Waals surface area contributed by atoms with Crippen molar-refractivity contribution >= 4 is 5.96 Å². The highest BCUT2D eigenvalue weighted by Crippen LogP contribution is 2.27. The van der Waals surface area contributed by atoms with E-state index >= 15 is 0 Å². The van der Waals surface area contributed by atoms with E-state index in [1.54, 1.807) is 0 Å². The van der Waals surface area contributed by atoms with Gasteiger partial charge in [0.2, 0.25) is 11.7 Å². The zero-order chi connectivity index (χ0) is 21.9. The average Bonchev–Trinajstić information content (AvgIpc) is 3.29. The van der Waals surface area contributed by atoms with Crippen LogP contribution < -0.4 is 5.73 Å². The molecule has 1 atom stereocenters. The lowest BCUT2D eigenvalue weighted by Crippen LogP contribution is -2.42. The summed E-state index contributed by atoms with van der Waals surface area (Å²) < 4.78 is 5.55. The van der Waals surface area contributed by atoms with Crippen LogP contribution in [0.1, 0.15) is 94.9 Å². The second-order valence-electron chi connectivity index (χ2n) is 8.90. The zero-order valence-electron chi connectivity index (χ0n) is 19.1. The Bertz CT molecular complexity index is 785. The molecule has 2 heterocycles. The van der Waals surface area contributed by atoms with Crippen LogP contribution >= 0.6 is 0 Å². The number of hydrogen-bond donors (Lipinski definition) is 2. The fourth-order valence-corrected chi connectivity index (χ4v) is 4.38. The lowest BCUT2D eigenvalue weighted by molar-refractivity contribution is 0.257. The summed E-state index contributed by atoms with van der Waals surface area (Å²) in [6.45, 7) is 3.77. The van der Waals surface area contributed by atoms with Crippen molar-refractivity contribution in [1.82, 2.24) is 15.0 Å². The summed E-state index contributed by atoms with van der Waals surface area (Å²) in [5, 5.41) is 11.8. The van der Waals surface area contributed by atoms with Crippen LogP contribution in [0, 0.1) is 5.41 Å². The van der Waals surface area contributed by atoms with Crippen molar-refractivity contribution in [2.75, 3.05) is 13.1 Å². The van der Waals surface area contributed by atoms with Crippen molar-refractivity contribution < 1.29 is 4.52 Å². The van der Waals surface area contributed by atoms with E-state index < -0.39 is 0 Å². The summed E-state index contributed by atoms with van der Waals surface area (Å²) >= 11 is 0. The molecule has 1 aromatic carbocycles. The highest BCUT2D eigenvalue weighted by atomic mass is 16.5. The molecule has 1 aliphatic heterocycles. The minimum absolute atomic E-state index is 0.118. The van der Waals surface area contributed by atoms with Crippen LogP contribution in [0.25, 0.3) is 11.4 Å². The van der Waals surface area contributed by atoms with E-state index in [-0.39, 0.29) is 11.9 Å². The molecule has 2 aromatic rings. The maximum atomic E-state index is 7.65.